The molecule has 1 N–H and O–H groups in total. The number of nitrogens with zero attached hydrogens (tertiary/aromatic N) is 1. The van der Waals surface area contributed by atoms with E-state index >= 15 is 0 Å². The second-order valence-electron chi connectivity index (χ2n) is 4.38. The van der Waals surface area contributed by atoms with Crippen molar-refractivity contribution < 1.29 is 14.2 Å². The Kier molecular flexibility index (Phi) is 3.97. The monoisotopic (exact) mass is 239 g/mol. The van der Waals surface area contributed by atoms with Gasteiger partial charge in [-0.2, -0.15) is 0 Å². The van der Waals surface area contributed by atoms with Crippen LogP contribution >= 0.6 is 0 Å². The Hall–Kier alpha value is -1.13. The van der Waals surface area contributed by atoms with E-state index in [4.69, 9.17) is 4.74 Å². The molecule has 3 nitrogen and oxygen atoms in total. The molecule has 1 aliphatic rings. The van der Waals surface area contributed by atoms with E-state index in [1.165, 1.54) is 6.07 Å². The van der Waals surface area contributed by atoms with Gasteiger partial charge in [-0.25, -0.2) is 4.39 Å². The highest BCUT2D eigenvalue weighted by atomic mass is 19.1. The minimum atomic E-state index is -0.553. The van der Waals surface area contributed by atoms with Gasteiger partial charge in [0.25, 0.3) is 0 Å². The zero-order valence-electron chi connectivity index (χ0n) is 10.0. The van der Waals surface area contributed by atoms with Gasteiger partial charge in [-0.1, -0.05) is 19.1 Å². The molecule has 1 heterocycles. The molecule has 94 valence electrons. The molecule has 0 aliphatic carbocycles. The second-order valence-corrected chi connectivity index (χ2v) is 4.38. The van der Waals surface area contributed by atoms with E-state index in [-0.39, 0.29) is 11.9 Å². The molecule has 0 bridgehead atoms. The highest BCUT2D eigenvalue weighted by Crippen LogP contribution is 2.23. The van der Waals surface area contributed by atoms with Gasteiger partial charge in [0.2, 0.25) is 0 Å². The minimum absolute atomic E-state index is 0.230. The van der Waals surface area contributed by atoms with Gasteiger partial charge < -0.3 is 9.84 Å². The summed E-state index contributed by atoms with van der Waals surface area (Å²) in [6.45, 7) is 5.03. The van der Waals surface area contributed by atoms with Crippen LogP contribution in [0.25, 0.3) is 0 Å². The summed E-state index contributed by atoms with van der Waals surface area (Å²) < 4.78 is 18.8. The standard InChI is InChI=1S/C13H18FNO2/c1-2-11-9-15(6-7-17-11)8-10-4-3-5-12(14)13(10)16/h3-5,11,16H,2,6-9H2,1H3. The Morgan fingerprint density at radius 1 is 1.53 bits per heavy atom. The average Bonchev–Trinajstić information content (AvgIpc) is 2.35. The molecule has 1 unspecified atom stereocenters. The van der Waals surface area contributed by atoms with Gasteiger partial charge in [-0.3, -0.25) is 4.90 Å². The molecule has 1 aliphatic heterocycles. The van der Waals surface area contributed by atoms with E-state index in [2.05, 4.69) is 11.8 Å². The lowest BCUT2D eigenvalue weighted by molar-refractivity contribution is -0.0326. The summed E-state index contributed by atoms with van der Waals surface area (Å²) in [5.41, 5.74) is 0.641. The van der Waals surface area contributed by atoms with Gasteiger partial charge in [0.15, 0.2) is 11.6 Å². The molecule has 0 amide bonds. The number of hydrogen-bond donors (Lipinski definition) is 1. The highest BCUT2D eigenvalue weighted by Gasteiger charge is 2.20. The molecule has 4 heteroatoms. The maximum Gasteiger partial charge on any atom is 0.165 e. The number of para-hydroxylation sites is 1. The molecule has 0 radical (unpaired) electrons. The molecule has 1 aromatic carbocycles. The molecule has 2 rings (SSSR count). The van der Waals surface area contributed by atoms with Crippen molar-refractivity contribution in [1.82, 2.24) is 4.90 Å². The van der Waals surface area contributed by atoms with Crippen LogP contribution in [0.15, 0.2) is 18.2 Å². The first kappa shape index (κ1) is 12.3. The smallest absolute Gasteiger partial charge is 0.165 e. The summed E-state index contributed by atoms with van der Waals surface area (Å²) in [4.78, 5) is 2.19. The van der Waals surface area contributed by atoms with Gasteiger partial charge in [-0.15, -0.1) is 0 Å². The van der Waals surface area contributed by atoms with Crippen LogP contribution in [-0.2, 0) is 11.3 Å². The van der Waals surface area contributed by atoms with Crippen LogP contribution in [0.1, 0.15) is 18.9 Å². The third-order valence-electron chi connectivity index (χ3n) is 3.14. The number of ether oxygens (including phenoxy) is 1. The van der Waals surface area contributed by atoms with Crippen molar-refractivity contribution in [3.8, 4) is 5.75 Å². The fourth-order valence-corrected chi connectivity index (χ4v) is 2.10. The Morgan fingerprint density at radius 3 is 3.12 bits per heavy atom. The topological polar surface area (TPSA) is 32.7 Å². The number of hydrogen-bond acceptors (Lipinski definition) is 3. The normalized spacial score (nSPS) is 21.6. The van der Waals surface area contributed by atoms with Gasteiger partial charge >= 0.3 is 0 Å². The minimum Gasteiger partial charge on any atom is -0.505 e. The molecular weight excluding hydrogens is 221 g/mol. The van der Waals surface area contributed by atoms with E-state index < -0.39 is 5.82 Å². The summed E-state index contributed by atoms with van der Waals surface area (Å²) in [5, 5.41) is 9.62. The zero-order chi connectivity index (χ0) is 12.3. The number of morpholine rings is 1. The number of aromatic hydroxyl groups is 1. The molecule has 1 fully saturated rings. The lowest BCUT2D eigenvalue weighted by atomic mass is 10.1. The second kappa shape index (κ2) is 5.47. The molecule has 0 saturated carbocycles. The summed E-state index contributed by atoms with van der Waals surface area (Å²) >= 11 is 0. The first-order chi connectivity index (χ1) is 8.20. The number of halogens is 1. The average molecular weight is 239 g/mol. The number of benzene rings is 1. The predicted octanol–water partition coefficient (Wildman–Crippen LogP) is 2.14. The van der Waals surface area contributed by atoms with Crippen molar-refractivity contribution >= 4 is 0 Å². The van der Waals surface area contributed by atoms with Gasteiger partial charge in [0.1, 0.15) is 0 Å². The number of rotatable bonds is 3. The Labute approximate surface area is 101 Å². The first-order valence-corrected chi connectivity index (χ1v) is 6.01. The molecular formula is C13H18FNO2. The largest absolute Gasteiger partial charge is 0.505 e. The third kappa shape index (κ3) is 2.96. The SMILES string of the molecule is CCC1CN(Cc2cccc(F)c2O)CCO1. The van der Waals surface area contributed by atoms with Crippen LogP contribution in [0.5, 0.6) is 5.75 Å². The highest BCUT2D eigenvalue weighted by molar-refractivity contribution is 5.33. The Balaban J connectivity index is 2.02. The first-order valence-electron chi connectivity index (χ1n) is 6.01. The third-order valence-corrected chi connectivity index (χ3v) is 3.14. The van der Waals surface area contributed by atoms with Crippen molar-refractivity contribution in [3.63, 3.8) is 0 Å². The van der Waals surface area contributed by atoms with Crippen LogP contribution in [0.3, 0.4) is 0 Å². The molecule has 1 atom stereocenters. The van der Waals surface area contributed by atoms with E-state index in [1.54, 1.807) is 12.1 Å². The van der Waals surface area contributed by atoms with Crippen molar-refractivity contribution in [2.75, 3.05) is 19.7 Å². The van der Waals surface area contributed by atoms with Crippen molar-refractivity contribution in [2.45, 2.75) is 26.0 Å². The van der Waals surface area contributed by atoms with Gasteiger partial charge in [0, 0.05) is 25.2 Å². The molecule has 1 saturated heterocycles. The fraction of sp³-hybridized carbons (Fsp3) is 0.538. The van der Waals surface area contributed by atoms with E-state index in [9.17, 15) is 9.50 Å². The zero-order valence-corrected chi connectivity index (χ0v) is 10.0. The van der Waals surface area contributed by atoms with Crippen molar-refractivity contribution in [2.24, 2.45) is 0 Å². The number of phenolic OH excluding ortho intramolecular Hbond substituents is 1. The van der Waals surface area contributed by atoms with E-state index in [0.29, 0.717) is 18.7 Å². The maximum atomic E-state index is 13.2. The summed E-state index contributed by atoms with van der Waals surface area (Å²) in [6, 6.07) is 4.66. The Bertz CT molecular complexity index is 384. The van der Waals surface area contributed by atoms with Crippen LogP contribution in [0.2, 0.25) is 0 Å². The Morgan fingerprint density at radius 2 is 2.35 bits per heavy atom. The maximum absolute atomic E-state index is 13.2. The lowest BCUT2D eigenvalue weighted by Gasteiger charge is -2.32. The molecule has 0 aromatic heterocycles. The molecule has 17 heavy (non-hydrogen) atoms. The van der Waals surface area contributed by atoms with Crippen LogP contribution in [0.4, 0.5) is 4.39 Å². The summed E-state index contributed by atoms with van der Waals surface area (Å²) in [7, 11) is 0. The summed E-state index contributed by atoms with van der Waals surface area (Å²) in [5.74, 6) is -0.783. The van der Waals surface area contributed by atoms with Crippen LogP contribution < -0.4 is 0 Å². The lowest BCUT2D eigenvalue weighted by Crippen LogP contribution is -2.41. The van der Waals surface area contributed by atoms with E-state index in [1.807, 2.05) is 0 Å². The molecule has 1 aromatic rings. The van der Waals surface area contributed by atoms with Crippen molar-refractivity contribution in [1.29, 1.82) is 0 Å². The molecule has 0 spiro atoms. The summed E-state index contributed by atoms with van der Waals surface area (Å²) in [6.07, 6.45) is 1.23. The van der Waals surface area contributed by atoms with E-state index in [0.717, 1.165) is 19.5 Å². The van der Waals surface area contributed by atoms with Gasteiger partial charge in [0.05, 0.1) is 12.7 Å². The predicted molar refractivity (Wildman–Crippen MR) is 63.4 cm³/mol. The van der Waals surface area contributed by atoms with Crippen molar-refractivity contribution in [3.05, 3.63) is 29.6 Å². The van der Waals surface area contributed by atoms with Gasteiger partial charge in [-0.05, 0) is 12.5 Å². The number of phenols is 1. The fourth-order valence-electron chi connectivity index (χ4n) is 2.10. The van der Waals surface area contributed by atoms with Crippen LogP contribution in [0, 0.1) is 5.82 Å². The van der Waals surface area contributed by atoms with Crippen LogP contribution in [-0.4, -0.2) is 35.8 Å². The quantitative estimate of drug-likeness (QED) is 0.877.